The fraction of sp³-hybridized carbons (Fsp3) is 0.750. The second kappa shape index (κ2) is 5.62. The highest BCUT2D eigenvalue weighted by Gasteiger charge is 2.26. The summed E-state index contributed by atoms with van der Waals surface area (Å²) in [6.07, 6.45) is 5.94. The first-order chi connectivity index (χ1) is 8.22. The van der Waals surface area contributed by atoms with Crippen molar-refractivity contribution >= 4 is 0 Å². The highest BCUT2D eigenvalue weighted by Crippen LogP contribution is 2.20. The van der Waals surface area contributed by atoms with Crippen molar-refractivity contribution in [1.29, 1.82) is 0 Å². The van der Waals surface area contributed by atoms with E-state index < -0.39 is 0 Å². The van der Waals surface area contributed by atoms with Crippen LogP contribution in [-0.4, -0.2) is 40.2 Å². The standard InChI is InChI=1S/C12H21N3O2/c1-12(2-6-17-7-3-12)13-8-11-9-14-15(10-11)4-5-16/h9-10,13,16H,2-8H2,1H3. The molecule has 0 aliphatic carbocycles. The van der Waals surface area contributed by atoms with Crippen LogP contribution < -0.4 is 5.32 Å². The Balaban J connectivity index is 1.83. The van der Waals surface area contributed by atoms with E-state index >= 15 is 0 Å². The molecule has 0 spiro atoms. The number of aliphatic hydroxyl groups excluding tert-OH is 1. The molecule has 1 aromatic heterocycles. The summed E-state index contributed by atoms with van der Waals surface area (Å²) >= 11 is 0. The van der Waals surface area contributed by atoms with Gasteiger partial charge >= 0.3 is 0 Å². The van der Waals surface area contributed by atoms with Crippen molar-refractivity contribution in [1.82, 2.24) is 15.1 Å². The van der Waals surface area contributed by atoms with E-state index in [9.17, 15) is 0 Å². The second-order valence-electron chi connectivity index (χ2n) is 4.86. The smallest absolute Gasteiger partial charge is 0.0640 e. The predicted molar refractivity (Wildman–Crippen MR) is 64.6 cm³/mol. The summed E-state index contributed by atoms with van der Waals surface area (Å²) in [5, 5.41) is 16.6. The third kappa shape index (κ3) is 3.52. The molecule has 1 saturated heterocycles. The van der Waals surface area contributed by atoms with Crippen LogP contribution in [0, 0.1) is 0 Å². The van der Waals surface area contributed by atoms with E-state index in [2.05, 4.69) is 17.3 Å². The maximum atomic E-state index is 8.81. The van der Waals surface area contributed by atoms with Crippen LogP contribution in [0.2, 0.25) is 0 Å². The molecule has 0 amide bonds. The average molecular weight is 239 g/mol. The van der Waals surface area contributed by atoms with Gasteiger partial charge < -0.3 is 15.2 Å². The Labute approximate surface area is 102 Å². The molecule has 0 bridgehead atoms. The monoisotopic (exact) mass is 239 g/mol. The molecule has 2 rings (SSSR count). The van der Waals surface area contributed by atoms with Gasteiger partial charge in [-0.15, -0.1) is 0 Å². The zero-order chi connectivity index (χ0) is 12.1. The lowest BCUT2D eigenvalue weighted by molar-refractivity contribution is 0.0446. The van der Waals surface area contributed by atoms with Gasteiger partial charge in [0.05, 0.1) is 19.3 Å². The van der Waals surface area contributed by atoms with Crippen molar-refractivity contribution in [2.24, 2.45) is 0 Å². The minimum absolute atomic E-state index is 0.129. The SMILES string of the molecule is CC1(NCc2cnn(CCO)c2)CCOCC1. The van der Waals surface area contributed by atoms with Gasteiger partial charge in [-0.25, -0.2) is 0 Å². The lowest BCUT2D eigenvalue weighted by atomic mass is 9.92. The van der Waals surface area contributed by atoms with E-state index in [-0.39, 0.29) is 12.1 Å². The zero-order valence-corrected chi connectivity index (χ0v) is 10.4. The van der Waals surface area contributed by atoms with E-state index in [1.807, 2.05) is 12.4 Å². The fourth-order valence-electron chi connectivity index (χ4n) is 2.04. The summed E-state index contributed by atoms with van der Waals surface area (Å²) in [7, 11) is 0. The number of nitrogens with zero attached hydrogens (tertiary/aromatic N) is 2. The van der Waals surface area contributed by atoms with Gasteiger partial charge in [-0.05, 0) is 19.8 Å². The molecular formula is C12H21N3O2. The minimum atomic E-state index is 0.129. The molecule has 1 aromatic rings. The van der Waals surface area contributed by atoms with Gasteiger partial charge in [-0.1, -0.05) is 0 Å². The molecule has 17 heavy (non-hydrogen) atoms. The van der Waals surface area contributed by atoms with Crippen LogP contribution in [0.1, 0.15) is 25.3 Å². The van der Waals surface area contributed by atoms with E-state index in [0.717, 1.165) is 38.2 Å². The minimum Gasteiger partial charge on any atom is -0.394 e. The number of hydrogen-bond donors (Lipinski definition) is 2. The number of rotatable bonds is 5. The van der Waals surface area contributed by atoms with E-state index in [1.165, 1.54) is 0 Å². The van der Waals surface area contributed by atoms with Crippen LogP contribution in [0.4, 0.5) is 0 Å². The van der Waals surface area contributed by atoms with Gasteiger partial charge in [0.2, 0.25) is 0 Å². The third-order valence-electron chi connectivity index (χ3n) is 3.33. The zero-order valence-electron chi connectivity index (χ0n) is 10.4. The van der Waals surface area contributed by atoms with Crippen LogP contribution in [0.15, 0.2) is 12.4 Å². The quantitative estimate of drug-likeness (QED) is 0.787. The summed E-state index contributed by atoms with van der Waals surface area (Å²) in [4.78, 5) is 0. The number of aromatic nitrogens is 2. The summed E-state index contributed by atoms with van der Waals surface area (Å²) in [5.41, 5.74) is 1.34. The van der Waals surface area contributed by atoms with Crippen molar-refractivity contribution < 1.29 is 9.84 Å². The van der Waals surface area contributed by atoms with E-state index in [0.29, 0.717) is 6.54 Å². The first-order valence-corrected chi connectivity index (χ1v) is 6.17. The Hall–Kier alpha value is -0.910. The molecule has 0 unspecified atom stereocenters. The number of nitrogens with one attached hydrogen (secondary N) is 1. The molecule has 1 aliphatic rings. The highest BCUT2D eigenvalue weighted by molar-refractivity contribution is 5.04. The number of hydrogen-bond acceptors (Lipinski definition) is 4. The lowest BCUT2D eigenvalue weighted by Gasteiger charge is -2.34. The summed E-state index contributed by atoms with van der Waals surface area (Å²) in [5.74, 6) is 0. The molecule has 2 heterocycles. The van der Waals surface area contributed by atoms with Crippen LogP contribution in [0.25, 0.3) is 0 Å². The highest BCUT2D eigenvalue weighted by atomic mass is 16.5. The maximum Gasteiger partial charge on any atom is 0.0640 e. The Morgan fingerprint density at radius 3 is 3.00 bits per heavy atom. The van der Waals surface area contributed by atoms with Crippen molar-refractivity contribution in [3.63, 3.8) is 0 Å². The summed E-state index contributed by atoms with van der Waals surface area (Å²) < 4.78 is 7.14. The van der Waals surface area contributed by atoms with Gasteiger partial charge in [0.25, 0.3) is 0 Å². The predicted octanol–water partition coefficient (Wildman–Crippen LogP) is 0.534. The first-order valence-electron chi connectivity index (χ1n) is 6.17. The first kappa shape index (κ1) is 12.5. The van der Waals surface area contributed by atoms with Crippen LogP contribution in [-0.2, 0) is 17.8 Å². The Morgan fingerprint density at radius 2 is 2.29 bits per heavy atom. The van der Waals surface area contributed by atoms with Gasteiger partial charge in [-0.3, -0.25) is 4.68 Å². The van der Waals surface area contributed by atoms with Gasteiger partial charge in [-0.2, -0.15) is 5.10 Å². The average Bonchev–Trinajstić information content (AvgIpc) is 2.76. The number of ether oxygens (including phenoxy) is 1. The van der Waals surface area contributed by atoms with E-state index in [4.69, 9.17) is 9.84 Å². The molecule has 0 aromatic carbocycles. The van der Waals surface area contributed by atoms with Gasteiger partial charge in [0, 0.05) is 37.1 Å². The normalized spacial score (nSPS) is 19.4. The molecular weight excluding hydrogens is 218 g/mol. The second-order valence-corrected chi connectivity index (χ2v) is 4.86. The van der Waals surface area contributed by atoms with Crippen molar-refractivity contribution in [3.05, 3.63) is 18.0 Å². The molecule has 0 radical (unpaired) electrons. The molecule has 1 aliphatic heterocycles. The van der Waals surface area contributed by atoms with Gasteiger partial charge in [0.1, 0.15) is 0 Å². The lowest BCUT2D eigenvalue weighted by Crippen LogP contribution is -2.46. The number of aliphatic hydroxyl groups is 1. The molecule has 0 saturated carbocycles. The van der Waals surface area contributed by atoms with Crippen molar-refractivity contribution in [2.75, 3.05) is 19.8 Å². The molecule has 0 atom stereocenters. The molecule has 96 valence electrons. The Kier molecular flexibility index (Phi) is 4.15. The topological polar surface area (TPSA) is 59.3 Å². The Morgan fingerprint density at radius 1 is 1.53 bits per heavy atom. The molecule has 2 N–H and O–H groups in total. The summed E-state index contributed by atoms with van der Waals surface area (Å²) in [6, 6.07) is 0. The van der Waals surface area contributed by atoms with Crippen molar-refractivity contribution in [3.8, 4) is 0 Å². The van der Waals surface area contributed by atoms with Crippen molar-refractivity contribution in [2.45, 2.75) is 38.4 Å². The molecule has 5 nitrogen and oxygen atoms in total. The van der Waals surface area contributed by atoms with Gasteiger partial charge in [0.15, 0.2) is 0 Å². The van der Waals surface area contributed by atoms with E-state index in [1.54, 1.807) is 4.68 Å². The maximum absolute atomic E-state index is 8.81. The Bertz CT molecular complexity index is 345. The fourth-order valence-corrected chi connectivity index (χ4v) is 2.04. The van der Waals surface area contributed by atoms with Crippen LogP contribution >= 0.6 is 0 Å². The molecule has 5 heteroatoms. The largest absolute Gasteiger partial charge is 0.394 e. The van der Waals surface area contributed by atoms with Crippen LogP contribution in [0.5, 0.6) is 0 Å². The summed E-state index contributed by atoms with van der Waals surface area (Å²) in [6.45, 7) is 5.44. The molecule has 1 fully saturated rings. The van der Waals surface area contributed by atoms with Crippen LogP contribution in [0.3, 0.4) is 0 Å². The third-order valence-corrected chi connectivity index (χ3v) is 3.33.